The first-order valence-electron chi connectivity index (χ1n) is 7.10. The molecule has 1 N–H and O–H groups in total. The second-order valence-corrected chi connectivity index (χ2v) is 6.22. The number of aryl methyl sites for hydroxylation is 1. The number of ether oxygens (including phenoxy) is 1. The highest BCUT2D eigenvalue weighted by Crippen LogP contribution is 2.37. The van der Waals surface area contributed by atoms with Crippen molar-refractivity contribution >= 4 is 22.4 Å². The summed E-state index contributed by atoms with van der Waals surface area (Å²) in [6, 6.07) is 1.27. The van der Waals surface area contributed by atoms with Crippen LogP contribution in [-0.2, 0) is 7.05 Å². The molecule has 116 valence electrons. The van der Waals surface area contributed by atoms with Crippen molar-refractivity contribution in [1.29, 1.82) is 0 Å². The van der Waals surface area contributed by atoms with E-state index in [1.165, 1.54) is 50.0 Å². The van der Waals surface area contributed by atoms with E-state index in [0.717, 1.165) is 5.69 Å². The van der Waals surface area contributed by atoms with E-state index < -0.39 is 0 Å². The number of hydrogen-bond donors (Lipinski definition) is 1. The lowest BCUT2D eigenvalue weighted by molar-refractivity contribution is 0.101. The number of thiazole rings is 1. The highest BCUT2D eigenvalue weighted by molar-refractivity contribution is 7.14. The van der Waals surface area contributed by atoms with Gasteiger partial charge in [0.2, 0.25) is 5.43 Å². The SMILES string of the molecule is COc1cn(C)c(C(=O)Nc2nc(C3CCC3)cs2)cc1=O. The molecule has 7 heteroatoms. The summed E-state index contributed by atoms with van der Waals surface area (Å²) in [6.07, 6.45) is 5.09. The third-order valence-corrected chi connectivity index (χ3v) is 4.70. The van der Waals surface area contributed by atoms with Gasteiger partial charge >= 0.3 is 0 Å². The topological polar surface area (TPSA) is 73.2 Å². The first kappa shape index (κ1) is 14.8. The Balaban J connectivity index is 1.78. The van der Waals surface area contributed by atoms with Gasteiger partial charge in [0.1, 0.15) is 5.69 Å². The van der Waals surface area contributed by atoms with E-state index in [-0.39, 0.29) is 22.8 Å². The van der Waals surface area contributed by atoms with Crippen LogP contribution in [-0.4, -0.2) is 22.6 Å². The van der Waals surface area contributed by atoms with Crippen molar-refractivity contribution in [3.63, 3.8) is 0 Å². The summed E-state index contributed by atoms with van der Waals surface area (Å²) in [5.74, 6) is 0.393. The Labute approximate surface area is 131 Å². The maximum Gasteiger partial charge on any atom is 0.274 e. The van der Waals surface area contributed by atoms with Crippen LogP contribution < -0.4 is 15.5 Å². The molecule has 0 radical (unpaired) electrons. The van der Waals surface area contributed by atoms with Crippen molar-refractivity contribution < 1.29 is 9.53 Å². The van der Waals surface area contributed by atoms with Crippen molar-refractivity contribution in [3.05, 3.63) is 39.3 Å². The van der Waals surface area contributed by atoms with Crippen LogP contribution in [0.4, 0.5) is 5.13 Å². The van der Waals surface area contributed by atoms with Crippen LogP contribution in [0.1, 0.15) is 41.4 Å². The molecule has 1 saturated carbocycles. The summed E-state index contributed by atoms with van der Waals surface area (Å²) < 4.78 is 6.52. The molecular formula is C15H17N3O3S. The lowest BCUT2D eigenvalue weighted by atomic mass is 9.83. The van der Waals surface area contributed by atoms with Gasteiger partial charge in [0.05, 0.1) is 19.0 Å². The Kier molecular flexibility index (Phi) is 3.98. The predicted molar refractivity (Wildman–Crippen MR) is 84.9 cm³/mol. The van der Waals surface area contributed by atoms with E-state index in [0.29, 0.717) is 11.0 Å². The lowest BCUT2D eigenvalue weighted by Crippen LogP contribution is -2.21. The van der Waals surface area contributed by atoms with Gasteiger partial charge < -0.3 is 9.30 Å². The molecule has 2 aromatic heterocycles. The fourth-order valence-corrected chi connectivity index (χ4v) is 3.17. The summed E-state index contributed by atoms with van der Waals surface area (Å²) in [4.78, 5) is 28.6. The normalized spacial score (nSPS) is 14.5. The molecule has 3 rings (SSSR count). The number of carbonyl (C=O) groups is 1. The van der Waals surface area contributed by atoms with Crippen LogP contribution in [0.2, 0.25) is 0 Å². The second kappa shape index (κ2) is 5.92. The molecule has 6 nitrogen and oxygen atoms in total. The largest absolute Gasteiger partial charge is 0.491 e. The van der Waals surface area contributed by atoms with E-state index >= 15 is 0 Å². The van der Waals surface area contributed by atoms with Gasteiger partial charge in [-0.3, -0.25) is 14.9 Å². The molecule has 2 aromatic rings. The Morgan fingerprint density at radius 2 is 2.27 bits per heavy atom. The monoisotopic (exact) mass is 319 g/mol. The smallest absolute Gasteiger partial charge is 0.274 e. The third kappa shape index (κ3) is 2.76. The predicted octanol–water partition coefficient (Wildman–Crippen LogP) is 2.37. The Morgan fingerprint density at radius 1 is 1.50 bits per heavy atom. The summed E-state index contributed by atoms with van der Waals surface area (Å²) in [7, 11) is 3.12. The number of nitrogens with zero attached hydrogens (tertiary/aromatic N) is 2. The number of aromatic nitrogens is 2. The molecule has 0 unspecified atom stereocenters. The maximum atomic E-state index is 12.3. The van der Waals surface area contributed by atoms with Gasteiger partial charge in [0.25, 0.3) is 5.91 Å². The number of nitrogens with one attached hydrogen (secondary N) is 1. The van der Waals surface area contributed by atoms with E-state index in [1.807, 2.05) is 5.38 Å². The number of hydrogen-bond acceptors (Lipinski definition) is 5. The fraction of sp³-hybridized carbons (Fsp3) is 0.400. The van der Waals surface area contributed by atoms with E-state index in [4.69, 9.17) is 4.74 Å². The molecule has 1 aliphatic rings. The zero-order valence-corrected chi connectivity index (χ0v) is 13.3. The maximum absolute atomic E-state index is 12.3. The average molecular weight is 319 g/mol. The van der Waals surface area contributed by atoms with E-state index in [1.54, 1.807) is 11.6 Å². The zero-order valence-electron chi connectivity index (χ0n) is 12.5. The molecule has 0 bridgehead atoms. The Morgan fingerprint density at radius 3 is 2.91 bits per heavy atom. The van der Waals surface area contributed by atoms with Crippen LogP contribution in [0.5, 0.6) is 5.75 Å². The molecule has 0 spiro atoms. The first-order chi connectivity index (χ1) is 10.6. The summed E-state index contributed by atoms with van der Waals surface area (Å²) in [5.41, 5.74) is 1.00. The molecule has 0 saturated heterocycles. The average Bonchev–Trinajstić information content (AvgIpc) is 2.86. The minimum atomic E-state index is -0.350. The van der Waals surface area contributed by atoms with Gasteiger partial charge in [-0.1, -0.05) is 6.42 Å². The van der Waals surface area contributed by atoms with Gasteiger partial charge in [-0.05, 0) is 12.8 Å². The minimum absolute atomic E-state index is 0.209. The van der Waals surface area contributed by atoms with Gasteiger partial charge in [-0.2, -0.15) is 0 Å². The van der Waals surface area contributed by atoms with Crippen molar-refractivity contribution in [1.82, 2.24) is 9.55 Å². The number of anilines is 1. The standard InChI is InChI=1S/C15H17N3O3S/c1-18-7-13(21-2)12(19)6-11(18)14(20)17-15-16-10(8-22-15)9-4-3-5-9/h6-9H,3-5H2,1-2H3,(H,16,17,20). The quantitative estimate of drug-likeness (QED) is 0.939. The number of rotatable bonds is 4. The van der Waals surface area contributed by atoms with Gasteiger partial charge in [-0.15, -0.1) is 11.3 Å². The Hall–Kier alpha value is -2.15. The van der Waals surface area contributed by atoms with Crippen LogP contribution in [0.25, 0.3) is 0 Å². The van der Waals surface area contributed by atoms with E-state index in [2.05, 4.69) is 10.3 Å². The molecule has 0 atom stereocenters. The van der Waals surface area contributed by atoms with Gasteiger partial charge in [0, 0.05) is 24.4 Å². The van der Waals surface area contributed by atoms with Crippen molar-refractivity contribution in [2.45, 2.75) is 25.2 Å². The molecular weight excluding hydrogens is 302 g/mol. The number of pyridine rings is 1. The Bertz CT molecular complexity index is 762. The first-order valence-corrected chi connectivity index (χ1v) is 7.98. The summed E-state index contributed by atoms with van der Waals surface area (Å²) in [6.45, 7) is 0. The molecule has 0 aliphatic heterocycles. The summed E-state index contributed by atoms with van der Waals surface area (Å²) in [5, 5.41) is 5.31. The number of methoxy groups -OCH3 is 1. The second-order valence-electron chi connectivity index (χ2n) is 5.36. The highest BCUT2D eigenvalue weighted by atomic mass is 32.1. The van der Waals surface area contributed by atoms with Gasteiger partial charge in [-0.25, -0.2) is 4.98 Å². The van der Waals surface area contributed by atoms with Crippen molar-refractivity contribution in [2.24, 2.45) is 7.05 Å². The van der Waals surface area contributed by atoms with Crippen molar-refractivity contribution in [2.75, 3.05) is 12.4 Å². The highest BCUT2D eigenvalue weighted by Gasteiger charge is 2.22. The van der Waals surface area contributed by atoms with E-state index in [9.17, 15) is 9.59 Å². The molecule has 1 amide bonds. The lowest BCUT2D eigenvalue weighted by Gasteiger charge is -2.22. The fourth-order valence-electron chi connectivity index (χ4n) is 2.38. The van der Waals surface area contributed by atoms with Crippen molar-refractivity contribution in [3.8, 4) is 5.75 Å². The zero-order chi connectivity index (χ0) is 15.7. The molecule has 2 heterocycles. The van der Waals surface area contributed by atoms with Gasteiger partial charge in [0.15, 0.2) is 10.9 Å². The van der Waals surface area contributed by atoms with Crippen LogP contribution >= 0.6 is 11.3 Å². The number of carbonyl (C=O) groups excluding carboxylic acids is 1. The molecule has 1 fully saturated rings. The third-order valence-electron chi connectivity index (χ3n) is 3.92. The van der Waals surface area contributed by atoms with Crippen LogP contribution in [0.3, 0.4) is 0 Å². The minimum Gasteiger partial charge on any atom is -0.491 e. The number of amides is 1. The molecule has 22 heavy (non-hydrogen) atoms. The van der Waals surface area contributed by atoms with Crippen LogP contribution in [0.15, 0.2) is 22.4 Å². The summed E-state index contributed by atoms with van der Waals surface area (Å²) >= 11 is 1.41. The van der Waals surface area contributed by atoms with Crippen LogP contribution in [0, 0.1) is 0 Å². The molecule has 0 aromatic carbocycles. The molecule has 1 aliphatic carbocycles.